The van der Waals surface area contributed by atoms with Gasteiger partial charge in [0.2, 0.25) is 10.0 Å². The molecule has 0 aromatic carbocycles. The molecule has 90 valence electrons. The fraction of sp³-hybridized carbons (Fsp3) is 0.778. The quantitative estimate of drug-likeness (QED) is 0.414. The Morgan fingerprint density at radius 2 is 2.20 bits per heavy atom. The van der Waals surface area contributed by atoms with Gasteiger partial charge < -0.3 is 10.4 Å². The van der Waals surface area contributed by atoms with Crippen LogP contribution < -0.4 is 5.32 Å². The molecule has 0 heterocycles. The van der Waals surface area contributed by atoms with Crippen LogP contribution in [0.3, 0.4) is 0 Å². The zero-order valence-electron chi connectivity index (χ0n) is 9.15. The van der Waals surface area contributed by atoms with Gasteiger partial charge in [-0.1, -0.05) is 13.0 Å². The van der Waals surface area contributed by atoms with E-state index in [9.17, 15) is 8.42 Å². The first-order valence-electron chi connectivity index (χ1n) is 4.98. The fourth-order valence-electron chi connectivity index (χ4n) is 1.11. The standard InChI is InChI=1S/C9H20N2O3S/c1-3-6-11(7-8-12)15(13,14)9-5-10-4-2/h3,10,12H,1,4-9H2,2H3. The van der Waals surface area contributed by atoms with E-state index in [1.165, 1.54) is 10.4 Å². The maximum atomic E-state index is 11.7. The van der Waals surface area contributed by atoms with Crippen LogP contribution in [0.15, 0.2) is 12.7 Å². The minimum Gasteiger partial charge on any atom is -0.395 e. The average molecular weight is 236 g/mol. The summed E-state index contributed by atoms with van der Waals surface area (Å²) in [5.41, 5.74) is 0. The molecule has 6 heteroatoms. The Kier molecular flexibility index (Phi) is 7.59. The monoisotopic (exact) mass is 236 g/mol. The molecule has 0 aromatic rings. The minimum atomic E-state index is -3.28. The van der Waals surface area contributed by atoms with Crippen molar-refractivity contribution in [3.05, 3.63) is 12.7 Å². The maximum absolute atomic E-state index is 11.7. The van der Waals surface area contributed by atoms with E-state index < -0.39 is 10.0 Å². The summed E-state index contributed by atoms with van der Waals surface area (Å²) in [7, 11) is -3.28. The highest BCUT2D eigenvalue weighted by Crippen LogP contribution is 2.00. The molecule has 0 aromatic heterocycles. The molecule has 0 spiro atoms. The van der Waals surface area contributed by atoms with E-state index in [1.807, 2.05) is 6.92 Å². The summed E-state index contributed by atoms with van der Waals surface area (Å²) in [6.45, 7) is 6.78. The Labute approximate surface area is 91.8 Å². The van der Waals surface area contributed by atoms with Gasteiger partial charge in [-0.3, -0.25) is 0 Å². The van der Waals surface area contributed by atoms with Crippen molar-refractivity contribution in [3.8, 4) is 0 Å². The van der Waals surface area contributed by atoms with Gasteiger partial charge in [-0.25, -0.2) is 8.42 Å². The summed E-state index contributed by atoms with van der Waals surface area (Å²) in [6, 6.07) is 0. The highest BCUT2D eigenvalue weighted by atomic mass is 32.2. The van der Waals surface area contributed by atoms with Gasteiger partial charge in [0.05, 0.1) is 12.4 Å². The molecule has 0 saturated carbocycles. The van der Waals surface area contributed by atoms with E-state index in [0.717, 1.165) is 6.54 Å². The Morgan fingerprint density at radius 1 is 1.53 bits per heavy atom. The van der Waals surface area contributed by atoms with Crippen molar-refractivity contribution in [2.24, 2.45) is 0 Å². The number of nitrogens with zero attached hydrogens (tertiary/aromatic N) is 1. The molecule has 0 atom stereocenters. The van der Waals surface area contributed by atoms with Crippen LogP contribution in [0, 0.1) is 0 Å². The molecular weight excluding hydrogens is 216 g/mol. The van der Waals surface area contributed by atoms with Crippen molar-refractivity contribution in [2.75, 3.05) is 38.5 Å². The zero-order valence-corrected chi connectivity index (χ0v) is 9.96. The van der Waals surface area contributed by atoms with Crippen LogP contribution in [0.4, 0.5) is 0 Å². The van der Waals surface area contributed by atoms with Gasteiger partial charge in [-0.05, 0) is 6.54 Å². The molecule has 0 unspecified atom stereocenters. The predicted molar refractivity (Wildman–Crippen MR) is 61.2 cm³/mol. The first-order valence-corrected chi connectivity index (χ1v) is 6.59. The second-order valence-corrected chi connectivity index (χ2v) is 5.13. The Morgan fingerprint density at radius 3 is 2.67 bits per heavy atom. The largest absolute Gasteiger partial charge is 0.395 e. The van der Waals surface area contributed by atoms with E-state index in [4.69, 9.17) is 5.11 Å². The summed E-state index contributed by atoms with van der Waals surface area (Å²) >= 11 is 0. The molecule has 0 aliphatic heterocycles. The lowest BCUT2D eigenvalue weighted by Gasteiger charge is -2.19. The maximum Gasteiger partial charge on any atom is 0.215 e. The number of rotatable bonds is 9. The molecule has 0 bridgehead atoms. The Bertz CT molecular complexity index is 265. The van der Waals surface area contributed by atoms with Gasteiger partial charge in [0.15, 0.2) is 0 Å². The van der Waals surface area contributed by atoms with Crippen LogP contribution in [0.5, 0.6) is 0 Å². The molecule has 0 aliphatic rings. The number of aliphatic hydroxyl groups excluding tert-OH is 1. The zero-order chi connectivity index (χ0) is 11.7. The SMILES string of the molecule is C=CCN(CCO)S(=O)(=O)CCNCC. The van der Waals surface area contributed by atoms with Crippen molar-refractivity contribution in [2.45, 2.75) is 6.92 Å². The molecule has 0 radical (unpaired) electrons. The van der Waals surface area contributed by atoms with Crippen LogP contribution in [0.2, 0.25) is 0 Å². The van der Waals surface area contributed by atoms with Gasteiger partial charge in [0.25, 0.3) is 0 Å². The highest BCUT2D eigenvalue weighted by Gasteiger charge is 2.19. The van der Waals surface area contributed by atoms with Crippen LogP contribution in [0.25, 0.3) is 0 Å². The van der Waals surface area contributed by atoms with Crippen molar-refractivity contribution >= 4 is 10.0 Å². The van der Waals surface area contributed by atoms with Crippen LogP contribution in [0.1, 0.15) is 6.92 Å². The average Bonchev–Trinajstić information content (AvgIpc) is 2.18. The van der Waals surface area contributed by atoms with Crippen molar-refractivity contribution in [1.82, 2.24) is 9.62 Å². The topological polar surface area (TPSA) is 69.6 Å². The molecule has 0 rings (SSSR count). The van der Waals surface area contributed by atoms with E-state index in [-0.39, 0.29) is 25.4 Å². The van der Waals surface area contributed by atoms with Crippen LogP contribution in [-0.4, -0.2) is 56.4 Å². The van der Waals surface area contributed by atoms with Crippen LogP contribution >= 0.6 is 0 Å². The number of aliphatic hydroxyl groups is 1. The Balaban J connectivity index is 4.28. The number of nitrogens with one attached hydrogen (secondary N) is 1. The second-order valence-electron chi connectivity index (χ2n) is 3.04. The van der Waals surface area contributed by atoms with Gasteiger partial charge in [-0.2, -0.15) is 4.31 Å². The summed E-state index contributed by atoms with van der Waals surface area (Å²) < 4.78 is 24.7. The minimum absolute atomic E-state index is 0.0503. The van der Waals surface area contributed by atoms with E-state index in [2.05, 4.69) is 11.9 Å². The fourth-order valence-corrected chi connectivity index (χ4v) is 2.46. The third-order valence-corrected chi connectivity index (χ3v) is 3.70. The molecular formula is C9H20N2O3S. The summed E-state index contributed by atoms with van der Waals surface area (Å²) in [5, 5.41) is 11.7. The molecule has 5 nitrogen and oxygen atoms in total. The number of sulfonamides is 1. The van der Waals surface area contributed by atoms with Gasteiger partial charge in [0, 0.05) is 19.6 Å². The smallest absolute Gasteiger partial charge is 0.215 e. The van der Waals surface area contributed by atoms with Gasteiger partial charge >= 0.3 is 0 Å². The molecule has 0 saturated heterocycles. The normalized spacial score (nSPS) is 11.9. The molecule has 2 N–H and O–H groups in total. The first-order chi connectivity index (χ1) is 7.08. The molecule has 0 amide bonds. The predicted octanol–water partition coefficient (Wildman–Crippen LogP) is -0.594. The lowest BCUT2D eigenvalue weighted by Crippen LogP contribution is -2.38. The van der Waals surface area contributed by atoms with Gasteiger partial charge in [-0.15, -0.1) is 6.58 Å². The van der Waals surface area contributed by atoms with E-state index in [0.29, 0.717) is 6.54 Å². The van der Waals surface area contributed by atoms with Crippen molar-refractivity contribution < 1.29 is 13.5 Å². The second kappa shape index (κ2) is 7.81. The van der Waals surface area contributed by atoms with Crippen molar-refractivity contribution in [3.63, 3.8) is 0 Å². The molecule has 15 heavy (non-hydrogen) atoms. The third kappa shape index (κ3) is 5.88. The molecule has 0 aliphatic carbocycles. The lowest BCUT2D eigenvalue weighted by molar-refractivity contribution is 0.260. The molecule has 0 fully saturated rings. The summed E-state index contributed by atoms with van der Waals surface area (Å²) in [6.07, 6.45) is 1.51. The van der Waals surface area contributed by atoms with Gasteiger partial charge in [0.1, 0.15) is 0 Å². The van der Waals surface area contributed by atoms with E-state index >= 15 is 0 Å². The summed E-state index contributed by atoms with van der Waals surface area (Å²) in [4.78, 5) is 0. The first kappa shape index (κ1) is 14.6. The highest BCUT2D eigenvalue weighted by molar-refractivity contribution is 7.89. The lowest BCUT2D eigenvalue weighted by atomic mass is 10.6. The third-order valence-electron chi connectivity index (χ3n) is 1.86. The van der Waals surface area contributed by atoms with Crippen LogP contribution in [-0.2, 0) is 10.0 Å². The number of hydrogen-bond acceptors (Lipinski definition) is 4. The number of hydrogen-bond donors (Lipinski definition) is 2. The van der Waals surface area contributed by atoms with Crippen molar-refractivity contribution in [1.29, 1.82) is 0 Å². The Hall–Kier alpha value is -0.430. The summed E-state index contributed by atoms with van der Waals surface area (Å²) in [5.74, 6) is 0.0503. The van der Waals surface area contributed by atoms with E-state index in [1.54, 1.807) is 0 Å².